The largest absolute Gasteiger partial charge is 0.312 e. The number of benzene rings is 2. The molecule has 1 saturated heterocycles. The summed E-state index contributed by atoms with van der Waals surface area (Å²) in [6, 6.07) is 18.5. The van der Waals surface area contributed by atoms with Crippen LogP contribution in [-0.4, -0.2) is 47.6 Å². The average Bonchev–Trinajstić information content (AvgIpc) is 3.01. The van der Waals surface area contributed by atoms with Crippen LogP contribution in [0.4, 0.5) is 0 Å². The van der Waals surface area contributed by atoms with Crippen LogP contribution >= 0.6 is 23.2 Å². The normalized spacial score (nSPS) is 15.9. The van der Waals surface area contributed by atoms with Crippen LogP contribution in [0.25, 0.3) is 16.9 Å². The third-order valence-corrected chi connectivity index (χ3v) is 6.10. The van der Waals surface area contributed by atoms with E-state index in [-0.39, 0.29) is 0 Å². The van der Waals surface area contributed by atoms with E-state index in [2.05, 4.69) is 58.7 Å². The van der Waals surface area contributed by atoms with E-state index in [0.717, 1.165) is 44.1 Å². The molecule has 2 heterocycles. The number of nitrogens with zero attached hydrogens (tertiary/aromatic N) is 3. The van der Waals surface area contributed by atoms with Gasteiger partial charge in [0.25, 0.3) is 0 Å². The number of likely N-dealkylation sites (N-methyl/N-ethyl adjacent to an activating group) is 1. The van der Waals surface area contributed by atoms with Crippen molar-refractivity contribution in [2.24, 2.45) is 0 Å². The molecule has 146 valence electrons. The van der Waals surface area contributed by atoms with E-state index in [1.807, 2.05) is 24.3 Å². The van der Waals surface area contributed by atoms with Crippen molar-refractivity contribution in [1.29, 1.82) is 0 Å². The van der Waals surface area contributed by atoms with Crippen LogP contribution in [0.3, 0.4) is 0 Å². The molecular formula is C23H25Cl2N3. The lowest BCUT2D eigenvalue weighted by Crippen LogP contribution is -2.43. The second-order valence-corrected chi connectivity index (χ2v) is 8.36. The Morgan fingerprint density at radius 2 is 1.61 bits per heavy atom. The van der Waals surface area contributed by atoms with E-state index < -0.39 is 0 Å². The van der Waals surface area contributed by atoms with Gasteiger partial charge in [-0.05, 0) is 49.4 Å². The van der Waals surface area contributed by atoms with Crippen molar-refractivity contribution in [3.05, 3.63) is 75.9 Å². The first-order chi connectivity index (χ1) is 13.5. The quantitative estimate of drug-likeness (QED) is 0.558. The standard InChI is InChI=1S/C23H25Cl2N3/c1-17-19(16-27-12-10-26(2)11-13-27)14-23(18-6-4-3-5-7-18)28(17)22-9-8-20(24)15-21(22)25/h3-9,14-15H,10-13,16H2,1-2H3. The number of hydrogen-bond donors (Lipinski definition) is 0. The van der Waals surface area contributed by atoms with E-state index >= 15 is 0 Å². The molecule has 0 saturated carbocycles. The van der Waals surface area contributed by atoms with Crippen LogP contribution in [-0.2, 0) is 6.54 Å². The summed E-state index contributed by atoms with van der Waals surface area (Å²) < 4.78 is 2.26. The molecule has 2 aromatic carbocycles. The zero-order valence-electron chi connectivity index (χ0n) is 16.3. The lowest BCUT2D eigenvalue weighted by atomic mass is 10.1. The van der Waals surface area contributed by atoms with Crippen LogP contribution in [0.1, 0.15) is 11.3 Å². The number of halogens is 2. The molecule has 28 heavy (non-hydrogen) atoms. The van der Waals surface area contributed by atoms with Gasteiger partial charge in [-0.1, -0.05) is 53.5 Å². The monoisotopic (exact) mass is 413 g/mol. The number of piperazine rings is 1. The molecule has 0 spiro atoms. The summed E-state index contributed by atoms with van der Waals surface area (Å²) in [5, 5.41) is 1.31. The molecule has 1 aromatic heterocycles. The summed E-state index contributed by atoms with van der Waals surface area (Å²) in [5.41, 5.74) is 5.87. The van der Waals surface area contributed by atoms with Crippen molar-refractivity contribution in [2.45, 2.75) is 13.5 Å². The minimum Gasteiger partial charge on any atom is -0.312 e. The molecular weight excluding hydrogens is 389 g/mol. The number of aromatic nitrogens is 1. The van der Waals surface area contributed by atoms with Crippen molar-refractivity contribution in [3.63, 3.8) is 0 Å². The fourth-order valence-electron chi connectivity index (χ4n) is 3.86. The second kappa shape index (κ2) is 8.30. The zero-order valence-corrected chi connectivity index (χ0v) is 17.8. The van der Waals surface area contributed by atoms with E-state index in [9.17, 15) is 0 Å². The topological polar surface area (TPSA) is 11.4 Å². The van der Waals surface area contributed by atoms with Crippen LogP contribution in [0.5, 0.6) is 0 Å². The van der Waals surface area contributed by atoms with Gasteiger partial charge in [0.1, 0.15) is 0 Å². The zero-order chi connectivity index (χ0) is 19.7. The van der Waals surface area contributed by atoms with Gasteiger partial charge in [-0.15, -0.1) is 0 Å². The molecule has 0 amide bonds. The predicted octanol–water partition coefficient (Wildman–Crippen LogP) is 5.51. The van der Waals surface area contributed by atoms with Gasteiger partial charge in [-0.2, -0.15) is 0 Å². The SMILES string of the molecule is Cc1c(CN2CCN(C)CC2)cc(-c2ccccc2)n1-c1ccc(Cl)cc1Cl. The van der Waals surface area contributed by atoms with Crippen LogP contribution < -0.4 is 0 Å². The van der Waals surface area contributed by atoms with Crippen molar-refractivity contribution >= 4 is 23.2 Å². The maximum atomic E-state index is 6.59. The highest BCUT2D eigenvalue weighted by atomic mass is 35.5. The fourth-order valence-corrected chi connectivity index (χ4v) is 4.35. The van der Waals surface area contributed by atoms with Crippen LogP contribution in [0, 0.1) is 6.92 Å². The van der Waals surface area contributed by atoms with Gasteiger partial charge < -0.3 is 9.47 Å². The second-order valence-electron chi connectivity index (χ2n) is 7.52. The number of hydrogen-bond acceptors (Lipinski definition) is 2. The Morgan fingerprint density at radius 3 is 2.29 bits per heavy atom. The Kier molecular flexibility index (Phi) is 5.79. The molecule has 0 N–H and O–H groups in total. The third kappa shape index (κ3) is 3.99. The van der Waals surface area contributed by atoms with Gasteiger partial charge in [-0.25, -0.2) is 0 Å². The molecule has 0 bridgehead atoms. The molecule has 4 rings (SSSR count). The molecule has 1 fully saturated rings. The van der Waals surface area contributed by atoms with Crippen molar-refractivity contribution < 1.29 is 0 Å². The first kappa shape index (κ1) is 19.5. The van der Waals surface area contributed by atoms with Crippen LogP contribution in [0.2, 0.25) is 10.0 Å². The van der Waals surface area contributed by atoms with E-state index in [1.54, 1.807) is 0 Å². The highest BCUT2D eigenvalue weighted by molar-refractivity contribution is 6.35. The molecule has 1 aliphatic rings. The summed E-state index contributed by atoms with van der Waals surface area (Å²) >= 11 is 12.7. The Morgan fingerprint density at radius 1 is 0.893 bits per heavy atom. The van der Waals surface area contributed by atoms with Gasteiger partial charge in [0.05, 0.1) is 16.4 Å². The molecule has 3 aromatic rings. The Hall–Kier alpha value is -1.78. The lowest BCUT2D eigenvalue weighted by molar-refractivity contribution is 0.148. The Balaban J connectivity index is 1.78. The summed E-state index contributed by atoms with van der Waals surface area (Å²) in [5.74, 6) is 0. The maximum Gasteiger partial charge on any atom is 0.0661 e. The van der Waals surface area contributed by atoms with Gasteiger partial charge >= 0.3 is 0 Å². The molecule has 0 unspecified atom stereocenters. The fraction of sp³-hybridized carbons (Fsp3) is 0.304. The lowest BCUT2D eigenvalue weighted by Gasteiger charge is -2.32. The van der Waals surface area contributed by atoms with Crippen molar-refractivity contribution in [1.82, 2.24) is 14.4 Å². The van der Waals surface area contributed by atoms with E-state index in [4.69, 9.17) is 23.2 Å². The average molecular weight is 414 g/mol. The molecule has 0 atom stereocenters. The molecule has 0 aliphatic carbocycles. The van der Waals surface area contributed by atoms with Crippen molar-refractivity contribution in [2.75, 3.05) is 33.2 Å². The van der Waals surface area contributed by atoms with Gasteiger partial charge in [0.15, 0.2) is 0 Å². The van der Waals surface area contributed by atoms with Gasteiger partial charge in [0.2, 0.25) is 0 Å². The first-order valence-electron chi connectivity index (χ1n) is 9.66. The summed E-state index contributed by atoms with van der Waals surface area (Å²) in [6.07, 6.45) is 0. The summed E-state index contributed by atoms with van der Waals surface area (Å²) in [4.78, 5) is 4.92. The predicted molar refractivity (Wildman–Crippen MR) is 119 cm³/mol. The summed E-state index contributed by atoms with van der Waals surface area (Å²) in [7, 11) is 2.19. The van der Waals surface area contributed by atoms with Crippen LogP contribution in [0.15, 0.2) is 54.6 Å². The molecule has 5 heteroatoms. The maximum absolute atomic E-state index is 6.59. The smallest absolute Gasteiger partial charge is 0.0661 e. The van der Waals surface area contributed by atoms with E-state index in [0.29, 0.717) is 10.0 Å². The molecule has 1 aliphatic heterocycles. The van der Waals surface area contributed by atoms with Crippen molar-refractivity contribution in [3.8, 4) is 16.9 Å². The minimum atomic E-state index is 0.650. The van der Waals surface area contributed by atoms with Gasteiger partial charge in [0, 0.05) is 43.4 Å². The molecule has 3 nitrogen and oxygen atoms in total. The number of rotatable bonds is 4. The summed E-state index contributed by atoms with van der Waals surface area (Å²) in [6.45, 7) is 7.58. The molecule has 0 radical (unpaired) electrons. The first-order valence-corrected chi connectivity index (χ1v) is 10.4. The minimum absolute atomic E-state index is 0.650. The van der Waals surface area contributed by atoms with Gasteiger partial charge in [-0.3, -0.25) is 4.90 Å². The van der Waals surface area contributed by atoms with E-state index in [1.165, 1.54) is 16.8 Å². The highest BCUT2D eigenvalue weighted by Gasteiger charge is 2.20. The Bertz CT molecular complexity index is 957. The Labute approximate surface area is 177 Å². The third-order valence-electron chi connectivity index (χ3n) is 5.56. The highest BCUT2D eigenvalue weighted by Crippen LogP contribution is 2.34.